The van der Waals surface area contributed by atoms with Gasteiger partial charge in [-0.05, 0) is 55.4 Å². The van der Waals surface area contributed by atoms with Crippen LogP contribution in [-0.2, 0) is 4.74 Å². The standard InChI is InChI=1S/C19H23N3O2/c23-19(15-8-11-21-17(15)13-3-1-4-13)22-16-5-2-12-24-18(16)14-6-9-20-10-7-14/h6-11,13,16,18,21H,1-5,12H2,(H,22,23)/t16-,18+/m0/s1. The summed E-state index contributed by atoms with van der Waals surface area (Å²) in [6.07, 6.45) is 10.8. The summed E-state index contributed by atoms with van der Waals surface area (Å²) in [7, 11) is 0. The average molecular weight is 325 g/mol. The highest BCUT2D eigenvalue weighted by Crippen LogP contribution is 2.37. The van der Waals surface area contributed by atoms with Crippen LogP contribution in [0.15, 0.2) is 36.8 Å². The number of pyridine rings is 1. The van der Waals surface area contributed by atoms with Gasteiger partial charge in [-0.1, -0.05) is 6.42 Å². The molecule has 2 fully saturated rings. The lowest BCUT2D eigenvalue weighted by Crippen LogP contribution is -2.43. The smallest absolute Gasteiger partial charge is 0.253 e. The highest BCUT2D eigenvalue weighted by Gasteiger charge is 2.31. The van der Waals surface area contributed by atoms with E-state index in [-0.39, 0.29) is 18.1 Å². The molecule has 0 spiro atoms. The Morgan fingerprint density at radius 1 is 1.17 bits per heavy atom. The SMILES string of the molecule is O=C(N[C@H]1CCCO[C@@H]1c1ccncc1)c1cc[nH]c1C1CCC1. The van der Waals surface area contributed by atoms with Crippen molar-refractivity contribution >= 4 is 5.91 Å². The Balaban J connectivity index is 1.50. The summed E-state index contributed by atoms with van der Waals surface area (Å²) in [6, 6.07) is 5.82. The number of H-pyrrole nitrogens is 1. The van der Waals surface area contributed by atoms with E-state index in [2.05, 4.69) is 15.3 Å². The monoisotopic (exact) mass is 325 g/mol. The van der Waals surface area contributed by atoms with Gasteiger partial charge in [-0.25, -0.2) is 0 Å². The third-order valence-electron chi connectivity index (χ3n) is 5.21. The number of aromatic nitrogens is 2. The number of carbonyl (C=O) groups excluding carboxylic acids is 1. The fourth-order valence-corrected chi connectivity index (χ4v) is 3.67. The quantitative estimate of drug-likeness (QED) is 0.906. The van der Waals surface area contributed by atoms with Crippen molar-refractivity contribution in [1.29, 1.82) is 0 Å². The number of ether oxygens (including phenoxy) is 1. The van der Waals surface area contributed by atoms with Gasteiger partial charge in [0.1, 0.15) is 6.10 Å². The highest BCUT2D eigenvalue weighted by molar-refractivity contribution is 5.95. The van der Waals surface area contributed by atoms with Gasteiger partial charge in [0.25, 0.3) is 5.91 Å². The lowest BCUT2D eigenvalue weighted by atomic mass is 9.81. The number of hydrogen-bond acceptors (Lipinski definition) is 3. The molecule has 0 aromatic carbocycles. The normalized spacial score (nSPS) is 24.3. The summed E-state index contributed by atoms with van der Waals surface area (Å²) in [5.41, 5.74) is 2.96. The van der Waals surface area contributed by atoms with Crippen molar-refractivity contribution in [2.24, 2.45) is 0 Å². The Kier molecular flexibility index (Phi) is 4.34. The van der Waals surface area contributed by atoms with Gasteiger partial charge in [0, 0.05) is 30.9 Å². The van der Waals surface area contributed by atoms with Crippen molar-refractivity contribution in [2.45, 2.75) is 50.2 Å². The molecule has 5 heteroatoms. The van der Waals surface area contributed by atoms with Gasteiger partial charge in [0.15, 0.2) is 0 Å². The molecule has 2 aromatic rings. The van der Waals surface area contributed by atoms with Crippen LogP contribution in [0.5, 0.6) is 0 Å². The van der Waals surface area contributed by atoms with Crippen molar-refractivity contribution in [3.8, 4) is 0 Å². The van der Waals surface area contributed by atoms with Gasteiger partial charge < -0.3 is 15.0 Å². The molecule has 2 atom stereocenters. The first-order valence-electron chi connectivity index (χ1n) is 8.82. The Labute approximate surface area is 141 Å². The zero-order valence-corrected chi connectivity index (χ0v) is 13.7. The lowest BCUT2D eigenvalue weighted by Gasteiger charge is -2.33. The van der Waals surface area contributed by atoms with Crippen LogP contribution in [0.1, 0.15) is 65.7 Å². The molecular weight excluding hydrogens is 302 g/mol. The molecule has 2 aliphatic rings. The molecule has 1 amide bonds. The van der Waals surface area contributed by atoms with Crippen molar-refractivity contribution in [2.75, 3.05) is 6.61 Å². The van der Waals surface area contributed by atoms with E-state index in [0.29, 0.717) is 5.92 Å². The van der Waals surface area contributed by atoms with Crippen LogP contribution >= 0.6 is 0 Å². The van der Waals surface area contributed by atoms with Crippen LogP contribution in [0, 0.1) is 0 Å². The molecular formula is C19H23N3O2. The Morgan fingerprint density at radius 3 is 2.75 bits per heavy atom. The van der Waals surface area contributed by atoms with Gasteiger partial charge in [-0.3, -0.25) is 9.78 Å². The Hall–Kier alpha value is -2.14. The lowest BCUT2D eigenvalue weighted by molar-refractivity contribution is -0.00951. The number of rotatable bonds is 4. The first-order chi connectivity index (χ1) is 11.8. The number of amides is 1. The van der Waals surface area contributed by atoms with Crippen LogP contribution < -0.4 is 5.32 Å². The molecule has 0 bridgehead atoms. The van der Waals surface area contributed by atoms with E-state index in [9.17, 15) is 4.79 Å². The molecule has 24 heavy (non-hydrogen) atoms. The topological polar surface area (TPSA) is 67.0 Å². The highest BCUT2D eigenvalue weighted by atomic mass is 16.5. The predicted molar refractivity (Wildman–Crippen MR) is 90.8 cm³/mol. The minimum absolute atomic E-state index is 0.00205. The molecule has 2 N–H and O–H groups in total. The van der Waals surface area contributed by atoms with Gasteiger partial charge in [0.2, 0.25) is 0 Å². The summed E-state index contributed by atoms with van der Waals surface area (Å²) in [5, 5.41) is 3.21. The van der Waals surface area contributed by atoms with E-state index in [4.69, 9.17) is 4.74 Å². The van der Waals surface area contributed by atoms with E-state index < -0.39 is 0 Å². The second-order valence-electron chi connectivity index (χ2n) is 6.73. The number of carbonyl (C=O) groups is 1. The molecule has 1 aliphatic heterocycles. The van der Waals surface area contributed by atoms with Gasteiger partial charge in [0.05, 0.1) is 11.6 Å². The average Bonchev–Trinajstić information content (AvgIpc) is 3.04. The molecule has 126 valence electrons. The number of nitrogens with zero attached hydrogens (tertiary/aromatic N) is 1. The fraction of sp³-hybridized carbons (Fsp3) is 0.474. The number of hydrogen-bond donors (Lipinski definition) is 2. The zero-order chi connectivity index (χ0) is 16.4. The summed E-state index contributed by atoms with van der Waals surface area (Å²) >= 11 is 0. The van der Waals surface area contributed by atoms with Crippen LogP contribution in [0.3, 0.4) is 0 Å². The van der Waals surface area contributed by atoms with E-state index in [1.807, 2.05) is 24.4 Å². The molecule has 1 aliphatic carbocycles. The largest absolute Gasteiger partial charge is 0.371 e. The van der Waals surface area contributed by atoms with Crippen LogP contribution in [-0.4, -0.2) is 28.5 Å². The minimum atomic E-state index is -0.100. The van der Waals surface area contributed by atoms with E-state index in [1.165, 1.54) is 19.3 Å². The summed E-state index contributed by atoms with van der Waals surface area (Å²) < 4.78 is 5.95. The van der Waals surface area contributed by atoms with Gasteiger partial charge in [-0.15, -0.1) is 0 Å². The molecule has 0 radical (unpaired) electrons. The summed E-state index contributed by atoms with van der Waals surface area (Å²) in [4.78, 5) is 20.2. The third kappa shape index (κ3) is 2.96. The minimum Gasteiger partial charge on any atom is -0.371 e. The maximum atomic E-state index is 12.8. The van der Waals surface area contributed by atoms with Crippen molar-refractivity contribution < 1.29 is 9.53 Å². The molecule has 1 saturated heterocycles. The molecule has 2 aromatic heterocycles. The van der Waals surface area contributed by atoms with Gasteiger partial charge in [-0.2, -0.15) is 0 Å². The van der Waals surface area contributed by atoms with Crippen LogP contribution in [0.2, 0.25) is 0 Å². The molecule has 1 saturated carbocycles. The first-order valence-corrected chi connectivity index (χ1v) is 8.82. The Bertz CT molecular complexity index is 694. The van der Waals surface area contributed by atoms with Crippen LogP contribution in [0.4, 0.5) is 0 Å². The van der Waals surface area contributed by atoms with Crippen molar-refractivity contribution in [3.05, 3.63) is 53.6 Å². The number of nitrogens with one attached hydrogen (secondary N) is 2. The summed E-state index contributed by atoms with van der Waals surface area (Å²) in [6.45, 7) is 0.733. The van der Waals surface area contributed by atoms with Crippen molar-refractivity contribution in [1.82, 2.24) is 15.3 Å². The maximum absolute atomic E-state index is 12.8. The van der Waals surface area contributed by atoms with E-state index >= 15 is 0 Å². The van der Waals surface area contributed by atoms with Crippen LogP contribution in [0.25, 0.3) is 0 Å². The summed E-state index contributed by atoms with van der Waals surface area (Å²) in [5.74, 6) is 0.520. The Morgan fingerprint density at radius 2 is 2.00 bits per heavy atom. The van der Waals surface area contributed by atoms with E-state index in [1.54, 1.807) is 12.4 Å². The second-order valence-corrected chi connectivity index (χ2v) is 6.73. The first kappa shape index (κ1) is 15.4. The fourth-order valence-electron chi connectivity index (χ4n) is 3.67. The van der Waals surface area contributed by atoms with Crippen molar-refractivity contribution in [3.63, 3.8) is 0 Å². The van der Waals surface area contributed by atoms with E-state index in [0.717, 1.165) is 36.3 Å². The molecule has 4 rings (SSSR count). The molecule has 0 unspecified atom stereocenters. The zero-order valence-electron chi connectivity index (χ0n) is 13.7. The molecule has 5 nitrogen and oxygen atoms in total. The molecule has 3 heterocycles. The maximum Gasteiger partial charge on any atom is 0.253 e. The predicted octanol–water partition coefficient (Wildman–Crippen LogP) is 3.33. The third-order valence-corrected chi connectivity index (χ3v) is 5.21. The number of aromatic amines is 1. The van der Waals surface area contributed by atoms with Gasteiger partial charge >= 0.3 is 0 Å². The second kappa shape index (κ2) is 6.77.